The Morgan fingerprint density at radius 1 is 1.10 bits per heavy atom. The van der Waals surface area contributed by atoms with E-state index in [1.54, 1.807) is 0 Å². The summed E-state index contributed by atoms with van der Waals surface area (Å²) >= 11 is 0. The second kappa shape index (κ2) is 6.10. The maximum atomic E-state index is 12.8. The quantitative estimate of drug-likeness (QED) is 0.747. The summed E-state index contributed by atoms with van der Waals surface area (Å²) in [7, 11) is 0. The minimum Gasteiger partial charge on any atom is -0.459 e. The highest BCUT2D eigenvalue weighted by Crippen LogP contribution is 2.23. The molecule has 2 aromatic carbocycles. The van der Waals surface area contributed by atoms with Crippen molar-refractivity contribution in [2.75, 3.05) is 6.54 Å². The van der Waals surface area contributed by atoms with Gasteiger partial charge in [-0.2, -0.15) is 0 Å². The smallest absolute Gasteiger partial charge is 0.134 e. The van der Waals surface area contributed by atoms with Crippen LogP contribution in [0.1, 0.15) is 24.3 Å². The van der Waals surface area contributed by atoms with Gasteiger partial charge in [0.15, 0.2) is 0 Å². The fourth-order valence-corrected chi connectivity index (χ4v) is 2.40. The molecule has 0 fully saturated rings. The highest BCUT2D eigenvalue weighted by Gasteiger charge is 2.10. The molecule has 1 heterocycles. The van der Waals surface area contributed by atoms with Gasteiger partial charge in [-0.05, 0) is 49.7 Å². The van der Waals surface area contributed by atoms with E-state index in [0.717, 1.165) is 35.3 Å². The zero-order valence-electron chi connectivity index (χ0n) is 12.0. The maximum absolute atomic E-state index is 12.8. The summed E-state index contributed by atoms with van der Waals surface area (Å²) in [6.45, 7) is 2.91. The first kappa shape index (κ1) is 13.8. The molecule has 0 radical (unpaired) electrons. The first-order valence-electron chi connectivity index (χ1n) is 7.19. The summed E-state index contributed by atoms with van der Waals surface area (Å²) < 4.78 is 18.7. The Morgan fingerprint density at radius 3 is 2.62 bits per heavy atom. The van der Waals surface area contributed by atoms with Crippen molar-refractivity contribution < 1.29 is 8.81 Å². The molecule has 0 saturated carbocycles. The first-order chi connectivity index (χ1) is 10.2. The molecule has 3 heteroatoms. The molecule has 0 aliphatic heterocycles. The third-order valence-electron chi connectivity index (χ3n) is 3.65. The lowest BCUT2D eigenvalue weighted by molar-refractivity contribution is 0.453. The Labute approximate surface area is 123 Å². The van der Waals surface area contributed by atoms with Gasteiger partial charge in [-0.3, -0.25) is 0 Å². The minimum atomic E-state index is -0.192. The molecule has 2 nitrogen and oxygen atoms in total. The standard InChI is InChI=1S/C18H18FNO/c1-13(18-12-15-4-2-3-5-17(15)21-18)20-11-10-14-6-8-16(19)9-7-14/h2-9,12-13,20H,10-11H2,1H3. The number of hydrogen-bond acceptors (Lipinski definition) is 2. The van der Waals surface area contributed by atoms with Crippen LogP contribution in [0.4, 0.5) is 4.39 Å². The van der Waals surface area contributed by atoms with Crippen LogP contribution in [0.5, 0.6) is 0 Å². The van der Waals surface area contributed by atoms with Gasteiger partial charge in [0, 0.05) is 5.39 Å². The van der Waals surface area contributed by atoms with Crippen molar-refractivity contribution in [3.63, 3.8) is 0 Å². The fourth-order valence-electron chi connectivity index (χ4n) is 2.40. The van der Waals surface area contributed by atoms with Gasteiger partial charge >= 0.3 is 0 Å². The largest absolute Gasteiger partial charge is 0.459 e. The van der Waals surface area contributed by atoms with Crippen LogP contribution in [-0.4, -0.2) is 6.54 Å². The Kier molecular flexibility index (Phi) is 4.02. The zero-order chi connectivity index (χ0) is 14.7. The second-order valence-corrected chi connectivity index (χ2v) is 5.24. The SMILES string of the molecule is CC(NCCc1ccc(F)cc1)c1cc2ccccc2o1. The van der Waals surface area contributed by atoms with E-state index in [1.165, 1.54) is 12.1 Å². The van der Waals surface area contributed by atoms with Gasteiger partial charge in [-0.25, -0.2) is 4.39 Å². The number of hydrogen-bond donors (Lipinski definition) is 1. The summed E-state index contributed by atoms with van der Waals surface area (Å²) in [4.78, 5) is 0. The molecule has 1 N–H and O–H groups in total. The van der Waals surface area contributed by atoms with E-state index in [1.807, 2.05) is 36.4 Å². The Balaban J connectivity index is 1.58. The molecule has 0 saturated heterocycles. The van der Waals surface area contributed by atoms with Gasteiger partial charge in [0.25, 0.3) is 0 Å². The molecule has 0 aliphatic rings. The third-order valence-corrected chi connectivity index (χ3v) is 3.65. The first-order valence-corrected chi connectivity index (χ1v) is 7.19. The van der Waals surface area contributed by atoms with Crippen LogP contribution in [0.2, 0.25) is 0 Å². The molecule has 1 aromatic heterocycles. The van der Waals surface area contributed by atoms with E-state index >= 15 is 0 Å². The van der Waals surface area contributed by atoms with Crippen molar-refractivity contribution in [1.29, 1.82) is 0 Å². The number of benzene rings is 2. The monoisotopic (exact) mass is 283 g/mol. The van der Waals surface area contributed by atoms with Crippen LogP contribution in [-0.2, 0) is 6.42 Å². The number of para-hydroxylation sites is 1. The minimum absolute atomic E-state index is 0.151. The average Bonchev–Trinajstić information content (AvgIpc) is 2.93. The van der Waals surface area contributed by atoms with Crippen LogP contribution in [0, 0.1) is 5.82 Å². The summed E-state index contributed by atoms with van der Waals surface area (Å²) in [5.74, 6) is 0.748. The number of furan rings is 1. The van der Waals surface area contributed by atoms with E-state index in [2.05, 4.69) is 18.3 Å². The van der Waals surface area contributed by atoms with Crippen LogP contribution in [0.3, 0.4) is 0 Å². The normalized spacial score (nSPS) is 12.7. The van der Waals surface area contributed by atoms with Gasteiger partial charge in [0.2, 0.25) is 0 Å². The fraction of sp³-hybridized carbons (Fsp3) is 0.222. The molecule has 3 aromatic rings. The van der Waals surface area contributed by atoms with E-state index in [0.29, 0.717) is 0 Å². The van der Waals surface area contributed by atoms with Crippen LogP contribution in [0.25, 0.3) is 11.0 Å². The van der Waals surface area contributed by atoms with Crippen molar-refractivity contribution in [2.45, 2.75) is 19.4 Å². The molecule has 0 amide bonds. The molecule has 108 valence electrons. The molecule has 0 aliphatic carbocycles. The van der Waals surface area contributed by atoms with Gasteiger partial charge in [0.1, 0.15) is 17.2 Å². The van der Waals surface area contributed by atoms with Crippen molar-refractivity contribution >= 4 is 11.0 Å². The van der Waals surface area contributed by atoms with Gasteiger partial charge in [0.05, 0.1) is 6.04 Å². The lowest BCUT2D eigenvalue weighted by atomic mass is 10.1. The third kappa shape index (κ3) is 3.31. The van der Waals surface area contributed by atoms with E-state index < -0.39 is 0 Å². The van der Waals surface area contributed by atoms with Gasteiger partial charge in [-0.1, -0.05) is 30.3 Å². The zero-order valence-corrected chi connectivity index (χ0v) is 12.0. The molecule has 0 spiro atoms. The Hall–Kier alpha value is -2.13. The summed E-state index contributed by atoms with van der Waals surface area (Å²) in [5, 5.41) is 4.56. The predicted octanol–water partition coefficient (Wildman–Crippen LogP) is 4.47. The highest BCUT2D eigenvalue weighted by molar-refractivity contribution is 5.77. The van der Waals surface area contributed by atoms with Crippen LogP contribution >= 0.6 is 0 Å². The van der Waals surface area contributed by atoms with Crippen LogP contribution in [0.15, 0.2) is 59.0 Å². The number of nitrogens with one attached hydrogen (secondary N) is 1. The molecule has 0 bridgehead atoms. The summed E-state index contributed by atoms with van der Waals surface area (Å²) in [6.07, 6.45) is 0.866. The second-order valence-electron chi connectivity index (χ2n) is 5.24. The topological polar surface area (TPSA) is 25.2 Å². The number of rotatable bonds is 5. The van der Waals surface area contributed by atoms with Crippen molar-refractivity contribution in [1.82, 2.24) is 5.32 Å². The van der Waals surface area contributed by atoms with Crippen LogP contribution < -0.4 is 5.32 Å². The Bertz CT molecular complexity index is 684. The molecule has 1 unspecified atom stereocenters. The number of fused-ring (bicyclic) bond motifs is 1. The summed E-state index contributed by atoms with van der Waals surface area (Å²) in [6, 6.07) is 16.9. The van der Waals surface area contributed by atoms with Crippen molar-refractivity contribution in [3.05, 3.63) is 71.7 Å². The molecule has 3 rings (SSSR count). The maximum Gasteiger partial charge on any atom is 0.134 e. The van der Waals surface area contributed by atoms with E-state index in [-0.39, 0.29) is 11.9 Å². The average molecular weight is 283 g/mol. The lowest BCUT2D eigenvalue weighted by Crippen LogP contribution is -2.20. The van der Waals surface area contributed by atoms with Gasteiger partial charge < -0.3 is 9.73 Å². The van der Waals surface area contributed by atoms with E-state index in [4.69, 9.17) is 4.42 Å². The molecule has 1 atom stereocenters. The summed E-state index contributed by atoms with van der Waals surface area (Å²) in [5.41, 5.74) is 2.04. The molecule has 21 heavy (non-hydrogen) atoms. The predicted molar refractivity (Wildman–Crippen MR) is 82.7 cm³/mol. The van der Waals surface area contributed by atoms with Crippen molar-refractivity contribution in [2.24, 2.45) is 0 Å². The highest BCUT2D eigenvalue weighted by atomic mass is 19.1. The molecular formula is C18H18FNO. The molecular weight excluding hydrogens is 265 g/mol. The number of halogens is 1. The van der Waals surface area contributed by atoms with E-state index in [9.17, 15) is 4.39 Å². The Morgan fingerprint density at radius 2 is 1.86 bits per heavy atom. The van der Waals surface area contributed by atoms with Crippen molar-refractivity contribution in [3.8, 4) is 0 Å². The lowest BCUT2D eigenvalue weighted by Gasteiger charge is -2.11. The van der Waals surface area contributed by atoms with Gasteiger partial charge in [-0.15, -0.1) is 0 Å².